The maximum Gasteiger partial charge on any atom is 0.317 e. The zero-order valence-corrected chi connectivity index (χ0v) is 14.2. The molecule has 2 aliphatic rings. The van der Waals surface area contributed by atoms with Crippen LogP contribution in [0.2, 0.25) is 0 Å². The molecule has 24 heavy (non-hydrogen) atoms. The minimum Gasteiger partial charge on any atom is -0.341 e. The van der Waals surface area contributed by atoms with Gasteiger partial charge in [-0.25, -0.2) is 4.79 Å². The second-order valence-corrected chi connectivity index (χ2v) is 6.41. The summed E-state index contributed by atoms with van der Waals surface area (Å²) >= 11 is 0. The quantitative estimate of drug-likeness (QED) is 0.892. The summed E-state index contributed by atoms with van der Waals surface area (Å²) in [6.45, 7) is 4.75. The van der Waals surface area contributed by atoms with Crippen molar-refractivity contribution in [3.63, 3.8) is 0 Å². The summed E-state index contributed by atoms with van der Waals surface area (Å²) in [5, 5.41) is 6.61. The minimum absolute atomic E-state index is 0.149. The number of aryl methyl sites for hydroxylation is 1. The van der Waals surface area contributed by atoms with Gasteiger partial charge < -0.3 is 19.6 Å². The highest BCUT2D eigenvalue weighted by atomic mass is 16.5. The highest BCUT2D eigenvalue weighted by Gasteiger charge is 2.30. The molecule has 1 N–H and O–H groups in total. The minimum atomic E-state index is -0.149. The second-order valence-electron chi connectivity index (χ2n) is 6.41. The van der Waals surface area contributed by atoms with E-state index in [9.17, 15) is 9.59 Å². The highest BCUT2D eigenvalue weighted by Crippen LogP contribution is 2.28. The van der Waals surface area contributed by atoms with Gasteiger partial charge in [0.2, 0.25) is 11.8 Å². The second kappa shape index (κ2) is 7.63. The van der Waals surface area contributed by atoms with E-state index in [1.165, 1.54) is 0 Å². The molecular formula is C16H25N5O3. The van der Waals surface area contributed by atoms with Crippen LogP contribution in [0.4, 0.5) is 4.79 Å². The zero-order valence-electron chi connectivity index (χ0n) is 14.2. The Balaban J connectivity index is 1.46. The monoisotopic (exact) mass is 335 g/mol. The van der Waals surface area contributed by atoms with E-state index in [2.05, 4.69) is 15.5 Å². The molecule has 0 radical (unpaired) electrons. The van der Waals surface area contributed by atoms with Crippen molar-refractivity contribution in [1.82, 2.24) is 25.3 Å². The summed E-state index contributed by atoms with van der Waals surface area (Å²) in [7, 11) is 0. The van der Waals surface area contributed by atoms with Crippen molar-refractivity contribution in [3.05, 3.63) is 11.7 Å². The van der Waals surface area contributed by atoms with Crippen molar-refractivity contribution < 1.29 is 14.1 Å². The molecule has 1 saturated carbocycles. The molecule has 1 aliphatic heterocycles. The summed E-state index contributed by atoms with van der Waals surface area (Å²) in [6, 6.07) is -0.149. The average molecular weight is 335 g/mol. The number of hydrogen-bond donors (Lipinski definition) is 1. The lowest BCUT2D eigenvalue weighted by molar-refractivity contribution is -0.138. The van der Waals surface area contributed by atoms with Crippen LogP contribution < -0.4 is 5.32 Å². The van der Waals surface area contributed by atoms with Crippen molar-refractivity contribution in [2.45, 2.75) is 45.6 Å². The van der Waals surface area contributed by atoms with Crippen LogP contribution in [0, 0.1) is 5.92 Å². The molecule has 1 aromatic heterocycles. The van der Waals surface area contributed by atoms with Gasteiger partial charge in [-0.15, -0.1) is 0 Å². The Labute approximate surface area is 141 Å². The Kier molecular flexibility index (Phi) is 5.32. The normalized spacial score (nSPS) is 18.9. The number of hydrogen-bond acceptors (Lipinski definition) is 5. The molecule has 1 aromatic rings. The molecule has 0 atom stereocenters. The van der Waals surface area contributed by atoms with E-state index in [4.69, 9.17) is 4.52 Å². The number of aromatic nitrogens is 2. The molecule has 0 unspecified atom stereocenters. The molecule has 0 bridgehead atoms. The first-order chi connectivity index (χ1) is 11.7. The number of amides is 3. The molecular weight excluding hydrogens is 310 g/mol. The lowest BCUT2D eigenvalue weighted by atomic mass is 9.84. The van der Waals surface area contributed by atoms with Crippen LogP contribution in [0.5, 0.6) is 0 Å². The Hall–Kier alpha value is -2.12. The third-order valence-corrected chi connectivity index (χ3v) is 4.77. The zero-order chi connectivity index (χ0) is 16.9. The number of carbonyl (C=O) groups is 2. The predicted octanol–water partition coefficient (Wildman–Crippen LogP) is 1.18. The van der Waals surface area contributed by atoms with Crippen molar-refractivity contribution in [2.75, 3.05) is 26.2 Å². The highest BCUT2D eigenvalue weighted by molar-refractivity contribution is 5.80. The summed E-state index contributed by atoms with van der Waals surface area (Å²) < 4.78 is 5.06. The fraction of sp³-hybridized carbons (Fsp3) is 0.750. The van der Waals surface area contributed by atoms with Gasteiger partial charge in [0, 0.05) is 38.5 Å². The first-order valence-corrected chi connectivity index (χ1v) is 8.80. The van der Waals surface area contributed by atoms with Crippen LogP contribution >= 0.6 is 0 Å². The van der Waals surface area contributed by atoms with E-state index in [0.717, 1.165) is 32.2 Å². The molecule has 8 nitrogen and oxygen atoms in total. The number of rotatable bonds is 4. The molecule has 3 rings (SSSR count). The molecule has 0 aromatic carbocycles. The molecule has 1 aliphatic carbocycles. The van der Waals surface area contributed by atoms with Gasteiger partial charge >= 0.3 is 6.03 Å². The van der Waals surface area contributed by atoms with Crippen LogP contribution in [-0.4, -0.2) is 58.1 Å². The molecule has 0 spiro atoms. The molecule has 2 fully saturated rings. The van der Waals surface area contributed by atoms with E-state index in [0.29, 0.717) is 37.8 Å². The van der Waals surface area contributed by atoms with E-state index in [-0.39, 0.29) is 24.4 Å². The summed E-state index contributed by atoms with van der Waals surface area (Å²) in [4.78, 5) is 32.5. The molecule has 8 heteroatoms. The lowest BCUT2D eigenvalue weighted by Gasteiger charge is -2.31. The van der Waals surface area contributed by atoms with Gasteiger partial charge in [-0.1, -0.05) is 18.5 Å². The van der Waals surface area contributed by atoms with Gasteiger partial charge in [-0.3, -0.25) is 4.79 Å². The van der Waals surface area contributed by atoms with Gasteiger partial charge in [0.25, 0.3) is 0 Å². The Morgan fingerprint density at radius 2 is 1.92 bits per heavy atom. The lowest BCUT2D eigenvalue weighted by Crippen LogP contribution is -2.43. The van der Waals surface area contributed by atoms with E-state index < -0.39 is 0 Å². The summed E-state index contributed by atoms with van der Waals surface area (Å²) in [5.41, 5.74) is 0. The molecule has 3 amide bonds. The fourth-order valence-electron chi connectivity index (χ4n) is 3.02. The van der Waals surface area contributed by atoms with Crippen LogP contribution in [-0.2, 0) is 17.8 Å². The number of carbonyl (C=O) groups excluding carboxylic acids is 2. The van der Waals surface area contributed by atoms with Crippen LogP contribution in [0.15, 0.2) is 4.52 Å². The van der Waals surface area contributed by atoms with Crippen LogP contribution in [0.25, 0.3) is 0 Å². The van der Waals surface area contributed by atoms with Crippen molar-refractivity contribution >= 4 is 11.9 Å². The van der Waals surface area contributed by atoms with E-state index >= 15 is 0 Å². The Morgan fingerprint density at radius 1 is 1.17 bits per heavy atom. The SMILES string of the molecule is CCc1noc(CNC(=O)N2CCCN(C(=O)C3CCC3)CC2)n1. The van der Waals surface area contributed by atoms with Crippen LogP contribution in [0.1, 0.15) is 44.3 Å². The summed E-state index contributed by atoms with van der Waals surface area (Å²) in [5.74, 6) is 1.54. The van der Waals surface area contributed by atoms with Crippen molar-refractivity contribution in [2.24, 2.45) is 5.92 Å². The maximum absolute atomic E-state index is 12.3. The molecule has 1 saturated heterocycles. The Morgan fingerprint density at radius 3 is 2.58 bits per heavy atom. The maximum atomic E-state index is 12.3. The number of urea groups is 1. The number of nitrogens with one attached hydrogen (secondary N) is 1. The standard InChI is InChI=1S/C16H25N5O3/c1-2-13-18-14(24-19-13)11-17-16(23)21-8-4-7-20(9-10-21)15(22)12-5-3-6-12/h12H,2-11H2,1H3,(H,17,23). The number of nitrogens with zero attached hydrogens (tertiary/aromatic N) is 4. The van der Waals surface area contributed by atoms with Crippen LogP contribution in [0.3, 0.4) is 0 Å². The fourth-order valence-corrected chi connectivity index (χ4v) is 3.02. The van der Waals surface area contributed by atoms with Gasteiger partial charge in [-0.2, -0.15) is 4.98 Å². The van der Waals surface area contributed by atoms with E-state index in [1.54, 1.807) is 4.90 Å². The summed E-state index contributed by atoms with van der Waals surface area (Å²) in [6.07, 6.45) is 4.71. The smallest absolute Gasteiger partial charge is 0.317 e. The first-order valence-electron chi connectivity index (χ1n) is 8.80. The first kappa shape index (κ1) is 16.7. The van der Waals surface area contributed by atoms with Gasteiger partial charge in [0.1, 0.15) is 0 Å². The predicted molar refractivity (Wildman–Crippen MR) is 86.0 cm³/mol. The Bertz CT molecular complexity index is 584. The molecule has 132 valence electrons. The molecule has 2 heterocycles. The van der Waals surface area contributed by atoms with Gasteiger partial charge in [-0.05, 0) is 19.3 Å². The van der Waals surface area contributed by atoms with Crippen molar-refractivity contribution in [3.8, 4) is 0 Å². The van der Waals surface area contributed by atoms with E-state index in [1.807, 2.05) is 11.8 Å². The largest absolute Gasteiger partial charge is 0.341 e. The third kappa shape index (κ3) is 3.85. The third-order valence-electron chi connectivity index (χ3n) is 4.77. The van der Waals surface area contributed by atoms with Gasteiger partial charge in [0.05, 0.1) is 6.54 Å². The van der Waals surface area contributed by atoms with Crippen molar-refractivity contribution in [1.29, 1.82) is 0 Å². The topological polar surface area (TPSA) is 91.6 Å². The van der Waals surface area contributed by atoms with Gasteiger partial charge in [0.15, 0.2) is 5.82 Å². The average Bonchev–Trinajstić information content (AvgIpc) is 2.85.